The zero-order chi connectivity index (χ0) is 19.5. The molecule has 5 nitrogen and oxygen atoms in total. The smallest absolute Gasteiger partial charge is 0.191 e. The average molecular weight is 388 g/mol. The van der Waals surface area contributed by atoms with E-state index in [4.69, 9.17) is 0 Å². The van der Waals surface area contributed by atoms with Crippen LogP contribution in [0, 0.1) is 0 Å². The van der Waals surface area contributed by atoms with Crippen LogP contribution in [0.3, 0.4) is 0 Å². The molecule has 0 saturated heterocycles. The molecule has 0 fully saturated rings. The molecule has 1 unspecified atom stereocenters. The summed E-state index contributed by atoms with van der Waals surface area (Å²) >= 11 is 0. The van der Waals surface area contributed by atoms with E-state index in [-0.39, 0.29) is 17.4 Å². The van der Waals surface area contributed by atoms with Gasteiger partial charge in [-0.1, -0.05) is 67.6 Å². The third-order valence-electron chi connectivity index (χ3n) is 4.48. The van der Waals surface area contributed by atoms with Gasteiger partial charge in [-0.05, 0) is 17.5 Å². The summed E-state index contributed by atoms with van der Waals surface area (Å²) in [5.41, 5.74) is 2.54. The molecule has 0 amide bonds. The summed E-state index contributed by atoms with van der Waals surface area (Å²) in [7, 11) is -1.29. The zero-order valence-corrected chi connectivity index (χ0v) is 16.9. The summed E-state index contributed by atoms with van der Waals surface area (Å²) in [4.78, 5) is 4.21. The van der Waals surface area contributed by atoms with E-state index in [1.165, 1.54) is 11.1 Å². The second-order valence-electron chi connectivity index (χ2n) is 6.41. The Hall–Kier alpha value is -2.34. The maximum atomic E-state index is 11.6. The molecule has 0 radical (unpaired) electrons. The topological polar surface area (TPSA) is 70.6 Å². The van der Waals surface area contributed by atoms with Crippen molar-refractivity contribution in [3.05, 3.63) is 71.8 Å². The van der Waals surface area contributed by atoms with Gasteiger partial charge in [0.15, 0.2) is 15.8 Å². The maximum absolute atomic E-state index is 11.6. The van der Waals surface area contributed by atoms with Crippen molar-refractivity contribution in [1.82, 2.24) is 10.6 Å². The fourth-order valence-electron chi connectivity index (χ4n) is 2.84. The minimum Gasteiger partial charge on any atom is -0.356 e. The van der Waals surface area contributed by atoms with Gasteiger partial charge in [0.05, 0.1) is 5.75 Å². The first-order valence-corrected chi connectivity index (χ1v) is 11.1. The molecule has 2 rings (SSSR count). The summed E-state index contributed by atoms with van der Waals surface area (Å²) in [6, 6.07) is 20.8. The number of benzene rings is 2. The third kappa shape index (κ3) is 7.43. The van der Waals surface area contributed by atoms with Gasteiger partial charge < -0.3 is 10.6 Å². The number of sulfone groups is 1. The molecule has 0 bridgehead atoms. The number of aliphatic imine (C=N–C) groups is 1. The van der Waals surface area contributed by atoms with Crippen LogP contribution in [0.1, 0.15) is 24.0 Å². The van der Waals surface area contributed by atoms with Gasteiger partial charge in [-0.2, -0.15) is 0 Å². The number of nitrogens with zero attached hydrogens (tertiary/aromatic N) is 1. The van der Waals surface area contributed by atoms with E-state index in [0.717, 1.165) is 6.42 Å². The van der Waals surface area contributed by atoms with Crippen LogP contribution < -0.4 is 10.6 Å². The van der Waals surface area contributed by atoms with Crippen molar-refractivity contribution in [3.8, 4) is 0 Å². The van der Waals surface area contributed by atoms with Crippen LogP contribution in [0.2, 0.25) is 0 Å². The van der Waals surface area contributed by atoms with E-state index in [2.05, 4.69) is 64.2 Å². The normalized spacial score (nSPS) is 13.2. The lowest BCUT2D eigenvalue weighted by Crippen LogP contribution is -2.41. The van der Waals surface area contributed by atoms with Crippen LogP contribution in [-0.4, -0.2) is 46.0 Å². The second-order valence-corrected chi connectivity index (χ2v) is 8.89. The molecule has 0 saturated carbocycles. The maximum Gasteiger partial charge on any atom is 0.191 e. The standard InChI is InChI=1S/C21H29N3O2S/c1-3-27(25,26)15-14-23-21(22-2)24-17-20(19-12-8-5-9-13-19)16-18-10-6-4-7-11-18/h4-13,20H,3,14-17H2,1-2H3,(H2,22,23,24). The highest BCUT2D eigenvalue weighted by atomic mass is 32.2. The van der Waals surface area contributed by atoms with Crippen molar-refractivity contribution in [2.75, 3.05) is 31.6 Å². The Morgan fingerprint density at radius 3 is 2.22 bits per heavy atom. The quantitative estimate of drug-likeness (QED) is 0.513. The lowest BCUT2D eigenvalue weighted by molar-refractivity contribution is 0.595. The number of rotatable bonds is 9. The molecule has 27 heavy (non-hydrogen) atoms. The molecule has 0 aliphatic rings. The lowest BCUT2D eigenvalue weighted by atomic mass is 9.92. The highest BCUT2D eigenvalue weighted by Crippen LogP contribution is 2.20. The van der Waals surface area contributed by atoms with Gasteiger partial charge in [-0.15, -0.1) is 0 Å². The first-order chi connectivity index (χ1) is 13.0. The molecule has 0 aliphatic heterocycles. The fourth-order valence-corrected chi connectivity index (χ4v) is 3.54. The van der Waals surface area contributed by atoms with E-state index >= 15 is 0 Å². The van der Waals surface area contributed by atoms with E-state index in [1.807, 2.05) is 12.1 Å². The molecular formula is C21H29N3O2S. The Bertz CT molecular complexity index is 806. The predicted octanol–water partition coefficient (Wildman–Crippen LogP) is 2.61. The monoisotopic (exact) mass is 387 g/mol. The molecule has 0 heterocycles. The third-order valence-corrected chi connectivity index (χ3v) is 6.19. The molecule has 146 valence electrons. The van der Waals surface area contributed by atoms with Crippen molar-refractivity contribution < 1.29 is 8.42 Å². The minimum atomic E-state index is -2.98. The van der Waals surface area contributed by atoms with E-state index in [1.54, 1.807) is 14.0 Å². The SMILES string of the molecule is CCS(=O)(=O)CCNC(=NC)NCC(Cc1ccccc1)c1ccccc1. The van der Waals surface area contributed by atoms with Crippen molar-refractivity contribution in [1.29, 1.82) is 0 Å². The zero-order valence-electron chi connectivity index (χ0n) is 16.1. The van der Waals surface area contributed by atoms with Gasteiger partial charge in [-0.25, -0.2) is 8.42 Å². The highest BCUT2D eigenvalue weighted by molar-refractivity contribution is 7.91. The summed E-state index contributed by atoms with van der Waals surface area (Å²) in [5.74, 6) is 1.17. The van der Waals surface area contributed by atoms with Gasteiger partial charge in [0, 0.05) is 31.8 Å². The number of hydrogen-bond acceptors (Lipinski definition) is 3. The Balaban J connectivity index is 1.98. The number of nitrogens with one attached hydrogen (secondary N) is 2. The second kappa shape index (κ2) is 10.7. The van der Waals surface area contributed by atoms with Crippen LogP contribution in [0.4, 0.5) is 0 Å². The van der Waals surface area contributed by atoms with Crippen LogP contribution in [0.15, 0.2) is 65.7 Å². The van der Waals surface area contributed by atoms with Gasteiger partial charge >= 0.3 is 0 Å². The Labute approximate surface area is 162 Å². The van der Waals surface area contributed by atoms with E-state index in [0.29, 0.717) is 19.0 Å². The van der Waals surface area contributed by atoms with Crippen LogP contribution in [-0.2, 0) is 16.3 Å². The van der Waals surface area contributed by atoms with Crippen molar-refractivity contribution >= 4 is 15.8 Å². The molecule has 6 heteroatoms. The van der Waals surface area contributed by atoms with Gasteiger partial charge in [0.25, 0.3) is 0 Å². The Kier molecular flexibility index (Phi) is 8.33. The molecular weight excluding hydrogens is 358 g/mol. The van der Waals surface area contributed by atoms with Crippen LogP contribution in [0.25, 0.3) is 0 Å². The number of hydrogen-bond donors (Lipinski definition) is 2. The highest BCUT2D eigenvalue weighted by Gasteiger charge is 2.13. The summed E-state index contributed by atoms with van der Waals surface area (Å²) in [5, 5.41) is 6.43. The molecule has 0 aliphatic carbocycles. The molecule has 2 aromatic carbocycles. The Morgan fingerprint density at radius 1 is 1.00 bits per heavy atom. The predicted molar refractivity (Wildman–Crippen MR) is 113 cm³/mol. The first kappa shape index (κ1) is 21.0. The summed E-state index contributed by atoms with van der Waals surface area (Å²) in [6.07, 6.45) is 0.916. The van der Waals surface area contributed by atoms with E-state index in [9.17, 15) is 8.42 Å². The van der Waals surface area contributed by atoms with Crippen molar-refractivity contribution in [2.45, 2.75) is 19.3 Å². The molecule has 2 N–H and O–H groups in total. The van der Waals surface area contributed by atoms with Gasteiger partial charge in [-0.3, -0.25) is 4.99 Å². The van der Waals surface area contributed by atoms with Crippen LogP contribution >= 0.6 is 0 Å². The Morgan fingerprint density at radius 2 is 1.63 bits per heavy atom. The molecule has 0 spiro atoms. The summed E-state index contributed by atoms with van der Waals surface area (Å²) < 4.78 is 23.2. The molecule has 1 atom stereocenters. The summed E-state index contributed by atoms with van der Waals surface area (Å²) in [6.45, 7) is 2.72. The number of guanidine groups is 1. The van der Waals surface area contributed by atoms with E-state index < -0.39 is 9.84 Å². The van der Waals surface area contributed by atoms with Gasteiger partial charge in [0.1, 0.15) is 0 Å². The molecule has 0 aromatic heterocycles. The lowest BCUT2D eigenvalue weighted by Gasteiger charge is -2.20. The fraction of sp³-hybridized carbons (Fsp3) is 0.381. The van der Waals surface area contributed by atoms with Crippen molar-refractivity contribution in [3.63, 3.8) is 0 Å². The average Bonchev–Trinajstić information content (AvgIpc) is 2.71. The minimum absolute atomic E-state index is 0.107. The largest absolute Gasteiger partial charge is 0.356 e. The van der Waals surface area contributed by atoms with Crippen molar-refractivity contribution in [2.24, 2.45) is 4.99 Å². The molecule has 2 aromatic rings. The first-order valence-electron chi connectivity index (χ1n) is 9.28. The van der Waals surface area contributed by atoms with Crippen LogP contribution in [0.5, 0.6) is 0 Å². The van der Waals surface area contributed by atoms with Gasteiger partial charge in [0.2, 0.25) is 0 Å².